The summed E-state index contributed by atoms with van der Waals surface area (Å²) < 4.78 is 0. The summed E-state index contributed by atoms with van der Waals surface area (Å²) in [5.41, 5.74) is 0. The Balaban J connectivity index is 2.11. The molecule has 1 rings (SSSR count). The molecule has 0 aromatic carbocycles. The summed E-state index contributed by atoms with van der Waals surface area (Å²) in [5.74, 6) is 0.944. The average molecular weight is 190 g/mol. The first-order valence-electron chi connectivity index (χ1n) is 4.53. The van der Waals surface area contributed by atoms with Crippen LogP contribution in [0.5, 0.6) is 0 Å². The van der Waals surface area contributed by atoms with Gasteiger partial charge in [0.15, 0.2) is 0 Å². The Kier molecular flexibility index (Phi) is 4.99. The molecule has 12 heavy (non-hydrogen) atoms. The Morgan fingerprint density at radius 2 is 1.50 bits per heavy atom. The van der Waals surface area contributed by atoms with E-state index in [9.17, 15) is 0 Å². The topological polar surface area (TPSA) is 26.7 Å². The number of rotatable bonds is 4. The maximum absolute atomic E-state index is 8.72. The van der Waals surface area contributed by atoms with E-state index in [1.165, 1.54) is 0 Å². The minimum atomic E-state index is 0.284. The van der Waals surface area contributed by atoms with Crippen molar-refractivity contribution in [2.24, 2.45) is 0 Å². The fourth-order valence-electron chi connectivity index (χ4n) is 1.52. The number of aliphatic hydroxyl groups is 1. The van der Waals surface area contributed by atoms with Crippen molar-refractivity contribution in [1.29, 1.82) is 0 Å². The van der Waals surface area contributed by atoms with Gasteiger partial charge in [0.1, 0.15) is 0 Å². The molecule has 1 aliphatic rings. The van der Waals surface area contributed by atoms with Crippen molar-refractivity contribution >= 4 is 12.6 Å². The van der Waals surface area contributed by atoms with Crippen molar-refractivity contribution in [3.05, 3.63) is 0 Å². The summed E-state index contributed by atoms with van der Waals surface area (Å²) in [6.45, 7) is 6.64. The van der Waals surface area contributed by atoms with E-state index in [1.807, 2.05) is 0 Å². The zero-order valence-electron chi connectivity index (χ0n) is 7.45. The highest BCUT2D eigenvalue weighted by molar-refractivity contribution is 7.80. The lowest BCUT2D eigenvalue weighted by Crippen LogP contribution is -2.47. The van der Waals surface area contributed by atoms with E-state index in [2.05, 4.69) is 22.4 Å². The van der Waals surface area contributed by atoms with Crippen molar-refractivity contribution in [3.8, 4) is 0 Å². The third kappa shape index (κ3) is 3.31. The summed E-state index contributed by atoms with van der Waals surface area (Å²) in [6.07, 6.45) is 0. The molecule has 0 aliphatic carbocycles. The fourth-order valence-corrected chi connectivity index (χ4v) is 1.80. The first-order valence-corrected chi connectivity index (χ1v) is 5.16. The molecule has 1 fully saturated rings. The van der Waals surface area contributed by atoms with Crippen LogP contribution in [-0.4, -0.2) is 66.5 Å². The first kappa shape index (κ1) is 10.3. The van der Waals surface area contributed by atoms with Crippen LogP contribution in [0.2, 0.25) is 0 Å². The number of β-amino-alcohol motifs (C(OH)–C–C–N with tert-alkyl or cyclic N) is 1. The number of aliphatic hydroxyl groups excluding tert-OH is 1. The van der Waals surface area contributed by atoms with Gasteiger partial charge in [0.25, 0.3) is 0 Å². The lowest BCUT2D eigenvalue weighted by Gasteiger charge is -2.33. The number of thiol groups is 1. The van der Waals surface area contributed by atoms with Crippen molar-refractivity contribution in [1.82, 2.24) is 9.80 Å². The van der Waals surface area contributed by atoms with Gasteiger partial charge in [-0.25, -0.2) is 0 Å². The molecule has 0 spiro atoms. The monoisotopic (exact) mass is 190 g/mol. The van der Waals surface area contributed by atoms with Crippen LogP contribution >= 0.6 is 12.6 Å². The molecule has 1 aliphatic heterocycles. The molecular weight excluding hydrogens is 172 g/mol. The summed E-state index contributed by atoms with van der Waals surface area (Å²) in [5, 5.41) is 8.72. The van der Waals surface area contributed by atoms with Gasteiger partial charge in [-0.3, -0.25) is 9.80 Å². The van der Waals surface area contributed by atoms with Crippen LogP contribution < -0.4 is 0 Å². The Bertz CT molecular complexity index is 102. The third-order valence-electron chi connectivity index (χ3n) is 2.30. The molecular formula is C8H18N2OS. The van der Waals surface area contributed by atoms with Crippen LogP contribution in [0.1, 0.15) is 0 Å². The quantitative estimate of drug-likeness (QED) is 0.587. The Morgan fingerprint density at radius 3 is 1.92 bits per heavy atom. The lowest BCUT2D eigenvalue weighted by molar-refractivity contribution is 0.117. The first-order chi connectivity index (χ1) is 5.86. The number of hydrogen-bond donors (Lipinski definition) is 2. The second-order valence-electron chi connectivity index (χ2n) is 3.13. The smallest absolute Gasteiger partial charge is 0.0558 e. The lowest BCUT2D eigenvalue weighted by atomic mass is 10.3. The number of hydrogen-bond acceptors (Lipinski definition) is 4. The molecule has 0 aromatic heterocycles. The standard InChI is InChI=1S/C8H18N2OS/c11-7-5-9-1-3-10(4-2-9)6-8-12/h11-12H,1-8H2. The SMILES string of the molecule is OCCN1CCN(CCS)CC1. The molecule has 0 atom stereocenters. The molecule has 1 saturated heterocycles. The largest absolute Gasteiger partial charge is 0.395 e. The third-order valence-corrected chi connectivity index (χ3v) is 2.50. The van der Waals surface area contributed by atoms with E-state index in [0.29, 0.717) is 0 Å². The van der Waals surface area contributed by atoms with Gasteiger partial charge in [-0.05, 0) is 0 Å². The molecule has 3 nitrogen and oxygen atoms in total. The van der Waals surface area contributed by atoms with E-state index in [4.69, 9.17) is 5.11 Å². The van der Waals surface area contributed by atoms with Crippen LogP contribution in [-0.2, 0) is 0 Å². The molecule has 1 N–H and O–H groups in total. The average Bonchev–Trinajstić information content (AvgIpc) is 2.09. The molecule has 0 radical (unpaired) electrons. The van der Waals surface area contributed by atoms with Crippen molar-refractivity contribution in [3.63, 3.8) is 0 Å². The van der Waals surface area contributed by atoms with Crippen molar-refractivity contribution in [2.45, 2.75) is 0 Å². The van der Waals surface area contributed by atoms with Crippen molar-refractivity contribution in [2.75, 3.05) is 51.6 Å². The van der Waals surface area contributed by atoms with Gasteiger partial charge in [-0.2, -0.15) is 12.6 Å². The highest BCUT2D eigenvalue weighted by Crippen LogP contribution is 2.00. The van der Waals surface area contributed by atoms with Gasteiger partial charge in [-0.1, -0.05) is 0 Å². The van der Waals surface area contributed by atoms with Crippen LogP contribution in [0.4, 0.5) is 0 Å². The maximum atomic E-state index is 8.72. The van der Waals surface area contributed by atoms with E-state index < -0.39 is 0 Å². The summed E-state index contributed by atoms with van der Waals surface area (Å²) >= 11 is 4.20. The van der Waals surface area contributed by atoms with E-state index in [0.717, 1.165) is 45.0 Å². The normalized spacial score (nSPS) is 21.5. The summed E-state index contributed by atoms with van der Waals surface area (Å²) in [7, 11) is 0. The highest BCUT2D eigenvalue weighted by Gasteiger charge is 2.14. The van der Waals surface area contributed by atoms with Crippen molar-refractivity contribution < 1.29 is 5.11 Å². The molecule has 0 unspecified atom stereocenters. The van der Waals surface area contributed by atoms with E-state index in [1.54, 1.807) is 0 Å². The van der Waals surface area contributed by atoms with Crippen LogP contribution in [0, 0.1) is 0 Å². The fraction of sp³-hybridized carbons (Fsp3) is 1.00. The molecule has 72 valence electrons. The van der Waals surface area contributed by atoms with Gasteiger partial charge in [0.05, 0.1) is 6.61 Å². The molecule has 1 heterocycles. The highest BCUT2D eigenvalue weighted by atomic mass is 32.1. The second kappa shape index (κ2) is 5.80. The zero-order chi connectivity index (χ0) is 8.81. The second-order valence-corrected chi connectivity index (χ2v) is 3.58. The molecule has 4 heteroatoms. The van der Waals surface area contributed by atoms with Crippen LogP contribution in [0.25, 0.3) is 0 Å². The van der Waals surface area contributed by atoms with E-state index in [-0.39, 0.29) is 6.61 Å². The summed E-state index contributed by atoms with van der Waals surface area (Å²) in [6, 6.07) is 0. The Hall–Kier alpha value is 0.230. The molecule has 0 aromatic rings. The zero-order valence-corrected chi connectivity index (χ0v) is 8.34. The van der Waals surface area contributed by atoms with Gasteiger partial charge in [0.2, 0.25) is 0 Å². The Morgan fingerprint density at radius 1 is 1.00 bits per heavy atom. The molecule has 0 saturated carbocycles. The van der Waals surface area contributed by atoms with Gasteiger partial charge in [-0.15, -0.1) is 0 Å². The minimum absolute atomic E-state index is 0.284. The minimum Gasteiger partial charge on any atom is -0.395 e. The van der Waals surface area contributed by atoms with Gasteiger partial charge in [0, 0.05) is 45.0 Å². The van der Waals surface area contributed by atoms with Gasteiger partial charge >= 0.3 is 0 Å². The predicted octanol–water partition coefficient (Wildman–Crippen LogP) is -0.474. The predicted molar refractivity (Wildman–Crippen MR) is 53.8 cm³/mol. The number of nitrogens with zero attached hydrogens (tertiary/aromatic N) is 2. The maximum Gasteiger partial charge on any atom is 0.0558 e. The number of piperazine rings is 1. The molecule has 0 amide bonds. The summed E-state index contributed by atoms with van der Waals surface area (Å²) in [4.78, 5) is 4.72. The van der Waals surface area contributed by atoms with E-state index >= 15 is 0 Å². The Labute approximate surface area is 79.8 Å². The van der Waals surface area contributed by atoms with Crippen LogP contribution in [0.15, 0.2) is 0 Å². The molecule has 0 bridgehead atoms. The van der Waals surface area contributed by atoms with Crippen LogP contribution in [0.3, 0.4) is 0 Å². The van der Waals surface area contributed by atoms with Gasteiger partial charge < -0.3 is 5.11 Å².